The Hall–Kier alpha value is -2.31. The quantitative estimate of drug-likeness (QED) is 0.687. The number of aliphatic hydroxyl groups excluding tert-OH is 2. The van der Waals surface area contributed by atoms with Crippen molar-refractivity contribution in [3.8, 4) is 0 Å². The number of aromatic nitrogens is 1. The number of hydrogen-bond donors (Lipinski definition) is 2. The molecule has 7 rings (SSSR count). The predicted molar refractivity (Wildman–Crippen MR) is 137 cm³/mol. The van der Waals surface area contributed by atoms with Crippen LogP contribution in [0.3, 0.4) is 0 Å². The maximum Gasteiger partial charge on any atom is 0.105 e. The Kier molecular flexibility index (Phi) is 4.47. The van der Waals surface area contributed by atoms with Crippen LogP contribution in [-0.4, -0.2) is 63.6 Å². The summed E-state index contributed by atoms with van der Waals surface area (Å²) in [6.07, 6.45) is 11.7. The molecule has 0 unspecified atom stereocenters. The van der Waals surface area contributed by atoms with Crippen LogP contribution in [0.15, 0.2) is 65.9 Å². The van der Waals surface area contributed by atoms with E-state index in [2.05, 4.69) is 54.4 Å². The van der Waals surface area contributed by atoms with Crippen LogP contribution in [0.4, 0.5) is 0 Å². The number of rotatable bonds is 2. The molecule has 2 fully saturated rings. The number of pyridine rings is 1. The molecule has 3 aliphatic carbocycles. The highest BCUT2D eigenvalue weighted by Gasteiger charge is 2.67. The van der Waals surface area contributed by atoms with Crippen LogP contribution >= 0.6 is 0 Å². The summed E-state index contributed by atoms with van der Waals surface area (Å²) in [5.41, 5.74) is 4.97. The number of hydrogen-bond acceptors (Lipinski definition) is 5. The zero-order valence-electron chi connectivity index (χ0n) is 20.7. The molecule has 2 aliphatic heterocycles. The first-order valence-corrected chi connectivity index (χ1v) is 13.0. The van der Waals surface area contributed by atoms with Crippen molar-refractivity contribution in [3.63, 3.8) is 0 Å². The molecule has 1 aromatic heterocycles. The molecule has 5 nitrogen and oxygen atoms in total. The van der Waals surface area contributed by atoms with E-state index < -0.39 is 17.8 Å². The Bertz CT molecular complexity index is 1330. The molecule has 0 amide bonds. The summed E-state index contributed by atoms with van der Waals surface area (Å²) in [5, 5.41) is 23.2. The Morgan fingerprint density at radius 2 is 1.97 bits per heavy atom. The van der Waals surface area contributed by atoms with Crippen molar-refractivity contribution in [1.82, 2.24) is 9.88 Å². The minimum absolute atomic E-state index is 0.0173. The van der Waals surface area contributed by atoms with Gasteiger partial charge in [0.15, 0.2) is 0 Å². The Balaban J connectivity index is 1.30. The van der Waals surface area contributed by atoms with Crippen LogP contribution in [0, 0.1) is 11.3 Å². The monoisotopic (exact) mass is 470 g/mol. The van der Waals surface area contributed by atoms with Crippen molar-refractivity contribution in [2.24, 2.45) is 11.3 Å². The van der Waals surface area contributed by atoms with Crippen LogP contribution in [0.5, 0.6) is 0 Å². The van der Waals surface area contributed by atoms with E-state index in [0.717, 1.165) is 43.2 Å². The first kappa shape index (κ1) is 21.9. The van der Waals surface area contributed by atoms with Crippen LogP contribution in [0.2, 0.25) is 0 Å². The van der Waals surface area contributed by atoms with E-state index in [1.54, 1.807) is 0 Å². The third-order valence-corrected chi connectivity index (χ3v) is 10.0. The molecule has 1 saturated heterocycles. The molecule has 182 valence electrons. The van der Waals surface area contributed by atoms with Crippen molar-refractivity contribution in [1.29, 1.82) is 0 Å². The fourth-order valence-corrected chi connectivity index (χ4v) is 8.18. The van der Waals surface area contributed by atoms with Gasteiger partial charge >= 0.3 is 0 Å². The Morgan fingerprint density at radius 3 is 2.80 bits per heavy atom. The number of nitrogens with zero attached hydrogens (tertiary/aromatic N) is 2. The van der Waals surface area contributed by atoms with Crippen LogP contribution in [0.25, 0.3) is 16.5 Å². The Labute approximate surface area is 206 Å². The van der Waals surface area contributed by atoms with E-state index in [9.17, 15) is 10.2 Å². The largest absolute Gasteiger partial charge is 0.388 e. The van der Waals surface area contributed by atoms with Gasteiger partial charge in [-0.3, -0.25) is 4.98 Å². The molecule has 2 aromatic rings. The van der Waals surface area contributed by atoms with Gasteiger partial charge in [-0.2, -0.15) is 0 Å². The minimum Gasteiger partial charge on any atom is -0.388 e. The standard InChI is InChI=1S/C30H34N2O3/c1-28-11-10-20-16-22-26(33)27(34)24(32(2)3)17-29(22)12-13-30(20,35-29)25(28)9-8-21(28)19-7-6-18-5-4-14-31-23(18)15-19/h4-8,10,14-16,24-27,33-34H,9,11-13,17H2,1-3H3/t24-,25+,26+,27+,28+,29+,30+/m0/s1. The summed E-state index contributed by atoms with van der Waals surface area (Å²) >= 11 is 0. The lowest BCUT2D eigenvalue weighted by atomic mass is 9.58. The second-order valence-corrected chi connectivity index (χ2v) is 11.9. The van der Waals surface area contributed by atoms with Crippen LogP contribution in [0.1, 0.15) is 44.6 Å². The average Bonchev–Trinajstić information content (AvgIpc) is 3.37. The first-order chi connectivity index (χ1) is 16.8. The van der Waals surface area contributed by atoms with Crippen molar-refractivity contribution in [3.05, 3.63) is 71.5 Å². The summed E-state index contributed by atoms with van der Waals surface area (Å²) < 4.78 is 7.23. The van der Waals surface area contributed by atoms with E-state index in [0.29, 0.717) is 5.92 Å². The first-order valence-electron chi connectivity index (χ1n) is 13.0. The van der Waals surface area contributed by atoms with Crippen molar-refractivity contribution >= 4 is 16.5 Å². The summed E-state index contributed by atoms with van der Waals surface area (Å²) in [4.78, 5) is 6.64. The highest BCUT2D eigenvalue weighted by Crippen LogP contribution is 2.67. The molecule has 2 bridgehead atoms. The molecule has 7 atom stereocenters. The molecule has 5 aliphatic rings. The number of ether oxygens (including phenoxy) is 1. The molecule has 35 heavy (non-hydrogen) atoms. The summed E-state index contributed by atoms with van der Waals surface area (Å²) in [5.74, 6) is 0.350. The lowest BCUT2D eigenvalue weighted by Gasteiger charge is -2.55. The van der Waals surface area contributed by atoms with Gasteiger partial charge in [-0.25, -0.2) is 0 Å². The average molecular weight is 471 g/mol. The van der Waals surface area contributed by atoms with Gasteiger partial charge in [-0.1, -0.05) is 43.4 Å². The number of aliphatic hydroxyl groups is 2. The lowest BCUT2D eigenvalue weighted by molar-refractivity contribution is -0.161. The maximum absolute atomic E-state index is 11.1. The SMILES string of the molecule is CN(C)[C@H]1C[C@@]23CC[C@@]4(O2)C(=CC[C@]2(C)C(c5ccc6cccnc6c5)=CC[C@H]24)C=C3[C@@H](O)[C@@H]1O. The molecule has 2 N–H and O–H groups in total. The van der Waals surface area contributed by atoms with Gasteiger partial charge in [0.25, 0.3) is 0 Å². The molecular formula is C30H34N2O3. The fraction of sp³-hybridized carbons (Fsp3) is 0.500. The number of likely N-dealkylation sites (N-methyl/N-ethyl adjacent to an activating group) is 1. The minimum atomic E-state index is -0.885. The second-order valence-electron chi connectivity index (χ2n) is 11.9. The molecule has 2 spiro atoms. The van der Waals surface area contributed by atoms with E-state index in [1.165, 1.54) is 22.1 Å². The summed E-state index contributed by atoms with van der Waals surface area (Å²) in [6.45, 7) is 2.41. The van der Waals surface area contributed by atoms with Gasteiger partial charge in [0, 0.05) is 29.0 Å². The van der Waals surface area contributed by atoms with Crippen LogP contribution < -0.4 is 0 Å². The molecular weight excluding hydrogens is 436 g/mol. The second kappa shape index (κ2) is 7.13. The molecule has 1 saturated carbocycles. The van der Waals surface area contributed by atoms with Gasteiger partial charge in [-0.15, -0.1) is 0 Å². The molecule has 5 heteroatoms. The highest BCUT2D eigenvalue weighted by molar-refractivity contribution is 5.85. The predicted octanol–water partition coefficient (Wildman–Crippen LogP) is 4.26. The molecule has 1 aromatic carbocycles. The third kappa shape index (κ3) is 2.76. The topological polar surface area (TPSA) is 65.8 Å². The lowest BCUT2D eigenvalue weighted by Crippen LogP contribution is -2.61. The fourth-order valence-electron chi connectivity index (χ4n) is 8.18. The van der Waals surface area contributed by atoms with Gasteiger partial charge < -0.3 is 19.8 Å². The zero-order valence-corrected chi connectivity index (χ0v) is 20.7. The van der Waals surface area contributed by atoms with E-state index >= 15 is 0 Å². The van der Waals surface area contributed by atoms with E-state index in [4.69, 9.17) is 4.74 Å². The molecule has 0 radical (unpaired) electrons. The van der Waals surface area contributed by atoms with E-state index in [-0.39, 0.29) is 17.1 Å². The highest BCUT2D eigenvalue weighted by atomic mass is 16.5. The van der Waals surface area contributed by atoms with Gasteiger partial charge in [0.2, 0.25) is 0 Å². The summed E-state index contributed by atoms with van der Waals surface area (Å²) in [6, 6.07) is 10.6. The van der Waals surface area contributed by atoms with Crippen molar-refractivity contribution in [2.45, 2.75) is 68.5 Å². The number of allylic oxidation sites excluding steroid dienone is 3. The normalized spacial score (nSPS) is 41.7. The summed E-state index contributed by atoms with van der Waals surface area (Å²) in [7, 11) is 3.96. The number of benzene rings is 1. The third-order valence-electron chi connectivity index (χ3n) is 10.0. The smallest absolute Gasteiger partial charge is 0.105 e. The maximum atomic E-state index is 11.1. The zero-order chi connectivity index (χ0) is 24.2. The molecule has 3 heterocycles. The van der Waals surface area contributed by atoms with Crippen LogP contribution in [-0.2, 0) is 4.74 Å². The van der Waals surface area contributed by atoms with Crippen molar-refractivity contribution in [2.75, 3.05) is 14.1 Å². The van der Waals surface area contributed by atoms with E-state index in [1.807, 2.05) is 31.3 Å². The number of fused-ring (bicyclic) bond motifs is 2. The van der Waals surface area contributed by atoms with Gasteiger partial charge in [-0.05, 0) is 80.6 Å². The Morgan fingerprint density at radius 1 is 1.11 bits per heavy atom. The van der Waals surface area contributed by atoms with Gasteiger partial charge in [0.1, 0.15) is 6.10 Å². The van der Waals surface area contributed by atoms with Crippen molar-refractivity contribution < 1.29 is 14.9 Å². The van der Waals surface area contributed by atoms with Gasteiger partial charge in [0.05, 0.1) is 22.8 Å².